The fraction of sp³-hybridized carbons (Fsp3) is 0.471. The molecular formula is C17H21N3O3. The Hall–Kier alpha value is -2.55. The van der Waals surface area contributed by atoms with Gasteiger partial charge in [0.2, 0.25) is 5.91 Å². The van der Waals surface area contributed by atoms with Crippen molar-refractivity contribution in [3.63, 3.8) is 0 Å². The van der Waals surface area contributed by atoms with E-state index in [0.717, 1.165) is 12.2 Å². The van der Waals surface area contributed by atoms with Crippen LogP contribution in [0.5, 0.6) is 5.75 Å². The van der Waals surface area contributed by atoms with E-state index < -0.39 is 0 Å². The van der Waals surface area contributed by atoms with Crippen LogP contribution in [0.1, 0.15) is 30.1 Å². The van der Waals surface area contributed by atoms with E-state index in [0.29, 0.717) is 38.3 Å². The van der Waals surface area contributed by atoms with Crippen LogP contribution in [0.2, 0.25) is 0 Å². The van der Waals surface area contributed by atoms with Gasteiger partial charge < -0.3 is 14.5 Å². The summed E-state index contributed by atoms with van der Waals surface area (Å²) in [6, 6.07) is 8.98. The van der Waals surface area contributed by atoms with Gasteiger partial charge in [-0.05, 0) is 37.6 Å². The van der Waals surface area contributed by atoms with E-state index in [2.05, 4.69) is 0 Å². The number of benzene rings is 1. The number of rotatable bonds is 4. The van der Waals surface area contributed by atoms with Gasteiger partial charge in [0, 0.05) is 31.7 Å². The van der Waals surface area contributed by atoms with E-state index >= 15 is 0 Å². The molecule has 6 nitrogen and oxygen atoms in total. The van der Waals surface area contributed by atoms with Crippen molar-refractivity contribution in [2.45, 2.75) is 19.8 Å². The highest BCUT2D eigenvalue weighted by Crippen LogP contribution is 2.15. The number of carbonyl (C=O) groups is 2. The average Bonchev–Trinajstić information content (AvgIpc) is 2.81. The van der Waals surface area contributed by atoms with E-state index in [4.69, 9.17) is 10.00 Å². The largest absolute Gasteiger partial charge is 0.494 e. The first kappa shape index (κ1) is 16.8. The van der Waals surface area contributed by atoms with Crippen molar-refractivity contribution < 1.29 is 14.3 Å². The van der Waals surface area contributed by atoms with Gasteiger partial charge in [-0.25, -0.2) is 0 Å². The van der Waals surface area contributed by atoms with Crippen molar-refractivity contribution in [1.29, 1.82) is 5.26 Å². The number of hydrogen-bond donors (Lipinski definition) is 0. The number of carbonyl (C=O) groups excluding carboxylic acids is 2. The Kier molecular flexibility index (Phi) is 5.98. The second-order valence-corrected chi connectivity index (χ2v) is 5.32. The first-order chi connectivity index (χ1) is 11.2. The molecule has 1 aliphatic heterocycles. The number of ether oxygens (including phenoxy) is 1. The third-order valence-corrected chi connectivity index (χ3v) is 3.78. The maximum Gasteiger partial charge on any atom is 0.253 e. The van der Waals surface area contributed by atoms with Crippen LogP contribution in [0.3, 0.4) is 0 Å². The summed E-state index contributed by atoms with van der Waals surface area (Å²) >= 11 is 0. The van der Waals surface area contributed by atoms with Gasteiger partial charge in [0.1, 0.15) is 12.2 Å². The second-order valence-electron chi connectivity index (χ2n) is 5.32. The van der Waals surface area contributed by atoms with Crippen LogP contribution in [0.15, 0.2) is 24.3 Å². The van der Waals surface area contributed by atoms with Gasteiger partial charge in [-0.15, -0.1) is 0 Å². The molecule has 1 aromatic rings. The minimum absolute atomic E-state index is 0.0392. The van der Waals surface area contributed by atoms with E-state index in [1.165, 1.54) is 0 Å². The van der Waals surface area contributed by atoms with E-state index in [-0.39, 0.29) is 18.2 Å². The Bertz CT molecular complexity index is 592. The molecule has 0 radical (unpaired) electrons. The van der Waals surface area contributed by atoms with Gasteiger partial charge in [0.15, 0.2) is 0 Å². The zero-order chi connectivity index (χ0) is 16.7. The average molecular weight is 315 g/mol. The highest BCUT2D eigenvalue weighted by Gasteiger charge is 2.22. The quantitative estimate of drug-likeness (QED) is 0.847. The van der Waals surface area contributed by atoms with Crippen LogP contribution in [0.25, 0.3) is 0 Å². The van der Waals surface area contributed by atoms with Crippen LogP contribution in [-0.4, -0.2) is 54.4 Å². The molecule has 2 amide bonds. The van der Waals surface area contributed by atoms with Crippen molar-refractivity contribution in [2.24, 2.45) is 0 Å². The molecule has 0 saturated carbocycles. The Labute approximate surface area is 136 Å². The number of hydrogen-bond acceptors (Lipinski definition) is 4. The Morgan fingerprint density at radius 2 is 1.78 bits per heavy atom. The van der Waals surface area contributed by atoms with Gasteiger partial charge in [-0.1, -0.05) is 0 Å². The van der Waals surface area contributed by atoms with E-state index in [9.17, 15) is 9.59 Å². The van der Waals surface area contributed by atoms with Gasteiger partial charge in [-0.2, -0.15) is 5.26 Å². The third kappa shape index (κ3) is 4.46. The zero-order valence-corrected chi connectivity index (χ0v) is 13.3. The van der Waals surface area contributed by atoms with Gasteiger partial charge in [0.25, 0.3) is 5.91 Å². The van der Waals surface area contributed by atoms with Crippen molar-refractivity contribution in [2.75, 3.05) is 32.8 Å². The SMILES string of the molecule is CCOc1ccc(C(=O)N2CCCN(C(=O)CC#N)CC2)cc1. The molecule has 0 bridgehead atoms. The van der Waals surface area contributed by atoms with Crippen LogP contribution in [0.4, 0.5) is 0 Å². The lowest BCUT2D eigenvalue weighted by atomic mass is 10.2. The van der Waals surface area contributed by atoms with Crippen molar-refractivity contribution >= 4 is 11.8 Å². The molecule has 23 heavy (non-hydrogen) atoms. The summed E-state index contributed by atoms with van der Waals surface area (Å²) in [6.45, 7) is 4.67. The van der Waals surface area contributed by atoms with Crippen molar-refractivity contribution in [3.05, 3.63) is 29.8 Å². The Balaban J connectivity index is 1.97. The minimum atomic E-state index is -0.164. The first-order valence-corrected chi connectivity index (χ1v) is 7.82. The molecule has 0 aliphatic carbocycles. The number of nitrogens with zero attached hydrogens (tertiary/aromatic N) is 3. The normalized spacial score (nSPS) is 14.8. The smallest absolute Gasteiger partial charge is 0.253 e. The summed E-state index contributed by atoms with van der Waals surface area (Å²) in [5.74, 6) is 0.540. The van der Waals surface area contributed by atoms with Crippen LogP contribution in [-0.2, 0) is 4.79 Å². The molecule has 1 heterocycles. The number of amides is 2. The van der Waals surface area contributed by atoms with Crippen LogP contribution in [0, 0.1) is 11.3 Å². The fourth-order valence-electron chi connectivity index (χ4n) is 2.59. The Morgan fingerprint density at radius 3 is 2.43 bits per heavy atom. The van der Waals surface area contributed by atoms with Crippen molar-refractivity contribution in [1.82, 2.24) is 9.80 Å². The monoisotopic (exact) mass is 315 g/mol. The molecule has 2 rings (SSSR count). The van der Waals surface area contributed by atoms with E-state index in [1.807, 2.05) is 13.0 Å². The second kappa shape index (κ2) is 8.18. The lowest BCUT2D eigenvalue weighted by Gasteiger charge is -2.21. The number of nitriles is 1. The first-order valence-electron chi connectivity index (χ1n) is 7.82. The molecule has 1 aliphatic rings. The Morgan fingerprint density at radius 1 is 1.13 bits per heavy atom. The maximum atomic E-state index is 12.6. The maximum absolute atomic E-state index is 12.6. The molecule has 0 aromatic heterocycles. The van der Waals surface area contributed by atoms with Gasteiger partial charge >= 0.3 is 0 Å². The zero-order valence-electron chi connectivity index (χ0n) is 13.3. The van der Waals surface area contributed by atoms with Crippen molar-refractivity contribution in [3.8, 4) is 11.8 Å². The highest BCUT2D eigenvalue weighted by atomic mass is 16.5. The summed E-state index contributed by atoms with van der Waals surface area (Å²) in [5, 5.41) is 8.61. The predicted molar refractivity (Wildman–Crippen MR) is 84.9 cm³/mol. The molecule has 1 aromatic carbocycles. The molecule has 0 unspecified atom stereocenters. The summed E-state index contributed by atoms with van der Waals surface area (Å²) in [7, 11) is 0. The lowest BCUT2D eigenvalue weighted by Crippen LogP contribution is -2.37. The summed E-state index contributed by atoms with van der Waals surface area (Å²) in [4.78, 5) is 27.8. The summed E-state index contributed by atoms with van der Waals surface area (Å²) in [6.07, 6.45) is 0.618. The summed E-state index contributed by atoms with van der Waals surface area (Å²) < 4.78 is 5.37. The van der Waals surface area contributed by atoms with Crippen LogP contribution >= 0.6 is 0 Å². The molecular weight excluding hydrogens is 294 g/mol. The molecule has 1 fully saturated rings. The third-order valence-electron chi connectivity index (χ3n) is 3.78. The molecule has 122 valence electrons. The van der Waals surface area contributed by atoms with Gasteiger partial charge in [-0.3, -0.25) is 9.59 Å². The molecule has 0 atom stereocenters. The molecule has 1 saturated heterocycles. The standard InChI is InChI=1S/C17H21N3O3/c1-2-23-15-6-4-14(5-7-15)17(22)20-11-3-10-19(12-13-20)16(21)8-9-18/h4-7H,2-3,8,10-13H2,1H3. The lowest BCUT2D eigenvalue weighted by molar-refractivity contribution is -0.130. The fourth-order valence-corrected chi connectivity index (χ4v) is 2.59. The molecule has 6 heteroatoms. The van der Waals surface area contributed by atoms with Crippen LogP contribution < -0.4 is 4.74 Å². The molecule has 0 spiro atoms. The molecule has 0 N–H and O–H groups in total. The van der Waals surface area contributed by atoms with E-state index in [1.54, 1.807) is 34.1 Å². The predicted octanol–water partition coefficient (Wildman–Crippen LogP) is 1.67. The summed E-state index contributed by atoms with van der Waals surface area (Å²) in [5.41, 5.74) is 0.616. The highest BCUT2D eigenvalue weighted by molar-refractivity contribution is 5.94. The minimum Gasteiger partial charge on any atom is -0.494 e. The van der Waals surface area contributed by atoms with Gasteiger partial charge in [0.05, 0.1) is 12.7 Å². The topological polar surface area (TPSA) is 73.6 Å².